The largest absolute Gasteiger partial charge is 0.496 e. The average Bonchev–Trinajstić information content (AvgIpc) is 2.85. The molecule has 1 aromatic heterocycles. The lowest BCUT2D eigenvalue weighted by Gasteiger charge is -2.29. The zero-order valence-electron chi connectivity index (χ0n) is 20.8. The van der Waals surface area contributed by atoms with E-state index in [4.69, 9.17) is 19.4 Å². The van der Waals surface area contributed by atoms with Gasteiger partial charge in [0.25, 0.3) is 0 Å². The van der Waals surface area contributed by atoms with Crippen LogP contribution in [0.25, 0.3) is 10.9 Å². The maximum Gasteiger partial charge on any atom is 0.225 e. The molecule has 0 bridgehead atoms. The number of methoxy groups -OCH3 is 2. The summed E-state index contributed by atoms with van der Waals surface area (Å²) in [4.78, 5) is 11.6. The molecule has 0 spiro atoms. The number of anilines is 2. The second-order valence-electron chi connectivity index (χ2n) is 9.35. The van der Waals surface area contributed by atoms with Crippen LogP contribution in [0.5, 0.6) is 5.75 Å². The van der Waals surface area contributed by atoms with Gasteiger partial charge in [0.15, 0.2) is 0 Å². The van der Waals surface area contributed by atoms with Crippen molar-refractivity contribution in [2.45, 2.75) is 44.9 Å². The van der Waals surface area contributed by atoms with Gasteiger partial charge in [-0.2, -0.15) is 4.98 Å². The predicted octanol–water partition coefficient (Wildman–Crippen LogP) is 4.61. The third-order valence-electron chi connectivity index (χ3n) is 6.59. The number of ether oxygens (including phenoxy) is 2. The van der Waals surface area contributed by atoms with Crippen molar-refractivity contribution in [3.05, 3.63) is 53.6 Å². The minimum Gasteiger partial charge on any atom is -0.496 e. The fourth-order valence-corrected chi connectivity index (χ4v) is 4.79. The second-order valence-corrected chi connectivity index (χ2v) is 9.35. The minimum absolute atomic E-state index is 0.422. The molecule has 2 N–H and O–H groups in total. The van der Waals surface area contributed by atoms with E-state index in [2.05, 4.69) is 39.8 Å². The Morgan fingerprint density at radius 3 is 2.53 bits per heavy atom. The number of hydrogen-bond acceptors (Lipinski definition) is 7. The summed E-state index contributed by atoms with van der Waals surface area (Å²) < 4.78 is 10.7. The van der Waals surface area contributed by atoms with Crippen molar-refractivity contribution in [1.29, 1.82) is 0 Å². The first-order valence-corrected chi connectivity index (χ1v) is 12.1. The molecule has 4 rings (SSSR count). The number of para-hydroxylation sites is 1. The molecule has 0 aliphatic heterocycles. The number of fused-ring (bicyclic) bond motifs is 1. The lowest BCUT2D eigenvalue weighted by molar-refractivity contribution is 0.181. The Morgan fingerprint density at radius 1 is 1.00 bits per heavy atom. The molecule has 0 unspecified atom stereocenters. The van der Waals surface area contributed by atoms with Gasteiger partial charge in [-0.3, -0.25) is 0 Å². The Kier molecular flexibility index (Phi) is 8.19. The van der Waals surface area contributed by atoms with Gasteiger partial charge in [0, 0.05) is 44.7 Å². The average molecular weight is 464 g/mol. The molecular formula is C27H37N5O2. The maximum absolute atomic E-state index is 5.43. The first-order chi connectivity index (χ1) is 16.6. The first kappa shape index (κ1) is 24.2. The molecule has 0 saturated heterocycles. The van der Waals surface area contributed by atoms with Gasteiger partial charge in [0.2, 0.25) is 5.95 Å². The molecule has 0 radical (unpaired) electrons. The fourth-order valence-electron chi connectivity index (χ4n) is 4.79. The summed E-state index contributed by atoms with van der Waals surface area (Å²) in [7, 11) is 7.47. The monoisotopic (exact) mass is 463 g/mol. The summed E-state index contributed by atoms with van der Waals surface area (Å²) in [6.07, 6.45) is 4.69. The Labute approximate surface area is 202 Å². The van der Waals surface area contributed by atoms with Crippen molar-refractivity contribution >= 4 is 22.7 Å². The third-order valence-corrected chi connectivity index (χ3v) is 6.59. The van der Waals surface area contributed by atoms with Crippen molar-refractivity contribution in [1.82, 2.24) is 15.3 Å². The van der Waals surface area contributed by atoms with Crippen LogP contribution < -0.4 is 20.3 Å². The molecule has 1 aliphatic carbocycles. The molecule has 1 fully saturated rings. The highest BCUT2D eigenvalue weighted by molar-refractivity contribution is 5.90. The van der Waals surface area contributed by atoms with Gasteiger partial charge in [0.05, 0.1) is 19.2 Å². The topological polar surface area (TPSA) is 71.5 Å². The van der Waals surface area contributed by atoms with Crippen molar-refractivity contribution in [3.63, 3.8) is 0 Å². The van der Waals surface area contributed by atoms with Crippen LogP contribution in [0.15, 0.2) is 42.5 Å². The molecule has 7 nitrogen and oxygen atoms in total. The van der Waals surface area contributed by atoms with Gasteiger partial charge in [-0.25, -0.2) is 4.98 Å². The van der Waals surface area contributed by atoms with Gasteiger partial charge in [-0.1, -0.05) is 18.2 Å². The van der Waals surface area contributed by atoms with E-state index in [1.807, 2.05) is 32.3 Å². The highest BCUT2D eigenvalue weighted by Gasteiger charge is 2.22. The quantitative estimate of drug-likeness (QED) is 0.455. The van der Waals surface area contributed by atoms with Crippen LogP contribution in [-0.4, -0.2) is 50.9 Å². The van der Waals surface area contributed by atoms with Crippen molar-refractivity contribution in [2.75, 3.05) is 45.1 Å². The molecule has 34 heavy (non-hydrogen) atoms. The van der Waals surface area contributed by atoms with E-state index in [1.165, 1.54) is 18.4 Å². The predicted molar refractivity (Wildman–Crippen MR) is 139 cm³/mol. The zero-order chi connectivity index (χ0) is 23.9. The van der Waals surface area contributed by atoms with Crippen molar-refractivity contribution < 1.29 is 9.47 Å². The number of benzene rings is 2. The van der Waals surface area contributed by atoms with E-state index in [1.54, 1.807) is 14.2 Å². The molecule has 1 saturated carbocycles. The van der Waals surface area contributed by atoms with Gasteiger partial charge in [0.1, 0.15) is 11.6 Å². The van der Waals surface area contributed by atoms with Crippen molar-refractivity contribution in [3.8, 4) is 5.75 Å². The van der Waals surface area contributed by atoms with E-state index < -0.39 is 0 Å². The van der Waals surface area contributed by atoms with E-state index >= 15 is 0 Å². The number of aromatic nitrogens is 2. The molecule has 1 heterocycles. The summed E-state index contributed by atoms with van der Waals surface area (Å²) >= 11 is 0. The fraction of sp³-hybridized carbons (Fsp3) is 0.481. The number of nitrogens with zero attached hydrogens (tertiary/aromatic N) is 3. The zero-order valence-corrected chi connectivity index (χ0v) is 20.8. The second kappa shape index (κ2) is 11.5. The molecule has 1 aliphatic rings. The number of nitrogens with one attached hydrogen (secondary N) is 2. The van der Waals surface area contributed by atoms with Gasteiger partial charge in [-0.05, 0) is 68.0 Å². The van der Waals surface area contributed by atoms with Gasteiger partial charge in [-0.15, -0.1) is 0 Å². The Balaban J connectivity index is 1.27. The Morgan fingerprint density at radius 2 is 1.79 bits per heavy atom. The third kappa shape index (κ3) is 5.96. The standard InChI is InChI=1S/C27H37N5O2/c1-32(2)26-23-7-5-6-8-24(23)30-27(31-26)29-22-12-9-19(10-13-22)16-28-17-20-11-14-25(34-4)21(15-20)18-33-3/h5-8,11,14-15,19,22,28H,9-10,12-13,16-18H2,1-4H3,(H,29,30,31)/t19-,22+. The lowest BCUT2D eigenvalue weighted by atomic mass is 9.86. The van der Waals surface area contributed by atoms with Crippen LogP contribution in [0, 0.1) is 5.92 Å². The van der Waals surface area contributed by atoms with E-state index in [9.17, 15) is 0 Å². The van der Waals surface area contributed by atoms with E-state index in [-0.39, 0.29) is 0 Å². The SMILES string of the molecule is COCc1cc(CNC[C@H]2CC[C@@H](Nc3nc(N(C)C)c4ccccc4n3)CC2)ccc1OC. The number of hydrogen-bond donors (Lipinski definition) is 2. The van der Waals surface area contributed by atoms with E-state index in [0.717, 1.165) is 59.9 Å². The maximum atomic E-state index is 5.43. The van der Waals surface area contributed by atoms with Crippen LogP contribution in [0.3, 0.4) is 0 Å². The van der Waals surface area contributed by atoms with Gasteiger partial charge >= 0.3 is 0 Å². The Hall–Kier alpha value is -2.90. The van der Waals surface area contributed by atoms with Crippen LogP contribution in [-0.2, 0) is 17.9 Å². The molecule has 2 aromatic carbocycles. The summed E-state index contributed by atoms with van der Waals surface area (Å²) in [5.74, 6) is 3.27. The minimum atomic E-state index is 0.422. The van der Waals surface area contributed by atoms with E-state index in [0.29, 0.717) is 18.6 Å². The summed E-state index contributed by atoms with van der Waals surface area (Å²) in [5, 5.41) is 8.34. The molecule has 0 atom stereocenters. The smallest absolute Gasteiger partial charge is 0.225 e. The highest BCUT2D eigenvalue weighted by atomic mass is 16.5. The van der Waals surface area contributed by atoms with Crippen LogP contribution in [0.4, 0.5) is 11.8 Å². The first-order valence-electron chi connectivity index (χ1n) is 12.1. The highest BCUT2D eigenvalue weighted by Crippen LogP contribution is 2.28. The molecule has 3 aromatic rings. The Bertz CT molecular complexity index is 1080. The molecular weight excluding hydrogens is 426 g/mol. The summed E-state index contributed by atoms with van der Waals surface area (Å²) in [6, 6.07) is 14.9. The normalized spacial score (nSPS) is 18.1. The summed E-state index contributed by atoms with van der Waals surface area (Å²) in [6.45, 7) is 2.46. The lowest BCUT2D eigenvalue weighted by Crippen LogP contribution is -2.31. The van der Waals surface area contributed by atoms with Crippen molar-refractivity contribution in [2.24, 2.45) is 5.92 Å². The van der Waals surface area contributed by atoms with Crippen LogP contribution >= 0.6 is 0 Å². The molecule has 0 amide bonds. The molecule has 182 valence electrons. The molecule has 7 heteroatoms. The van der Waals surface area contributed by atoms with Gasteiger partial charge < -0.3 is 25.0 Å². The summed E-state index contributed by atoms with van der Waals surface area (Å²) in [5.41, 5.74) is 3.33. The van der Waals surface area contributed by atoms with Crippen LogP contribution in [0.2, 0.25) is 0 Å². The number of rotatable bonds is 10. The van der Waals surface area contributed by atoms with Crippen LogP contribution in [0.1, 0.15) is 36.8 Å².